The fourth-order valence-electron chi connectivity index (χ4n) is 2.85. The predicted molar refractivity (Wildman–Crippen MR) is 88.8 cm³/mol. The van der Waals surface area contributed by atoms with Crippen LogP contribution in [0.15, 0.2) is 0 Å². The van der Waals surface area contributed by atoms with Gasteiger partial charge in [-0.3, -0.25) is 9.05 Å². The number of methoxy groups -OCH3 is 1. The van der Waals surface area contributed by atoms with Crippen LogP contribution >= 0.6 is 7.82 Å². The molecule has 9 atom stereocenters. The highest BCUT2D eigenvalue weighted by molar-refractivity contribution is 7.47. The number of phosphoric acid groups is 1. The van der Waals surface area contributed by atoms with Crippen molar-refractivity contribution in [3.63, 3.8) is 0 Å². The van der Waals surface area contributed by atoms with Gasteiger partial charge in [0.25, 0.3) is 0 Å². The molecular weight excluding hydrogens is 369 g/mol. The van der Waals surface area contributed by atoms with Crippen molar-refractivity contribution in [2.75, 3.05) is 26.9 Å². The number of phosphoric ester groups is 1. The minimum absolute atomic E-state index is 0.00533. The Morgan fingerprint density at radius 1 is 1.04 bits per heavy atom. The SMILES string of the molecule is [B][C@@H]1O[C@H](COP(=O)(O)OC2C(O)[C@H]([B])O[C@@H]2COC)C(OCC)C1O. The van der Waals surface area contributed by atoms with Crippen molar-refractivity contribution in [2.45, 2.75) is 55.6 Å². The van der Waals surface area contributed by atoms with Gasteiger partial charge in [-0.1, -0.05) is 0 Å². The molecule has 2 heterocycles. The third-order valence-electron chi connectivity index (χ3n) is 4.09. The van der Waals surface area contributed by atoms with Crippen LogP contribution in [0.5, 0.6) is 0 Å². The molecule has 0 bridgehead atoms. The van der Waals surface area contributed by atoms with Crippen molar-refractivity contribution in [3.05, 3.63) is 0 Å². The maximum Gasteiger partial charge on any atom is 0.472 e. The molecule has 10 nitrogen and oxygen atoms in total. The molecule has 2 aliphatic rings. The Hall–Kier alpha value is -0.000130. The van der Waals surface area contributed by atoms with E-state index < -0.39 is 63.1 Å². The number of rotatable bonds is 9. The first-order chi connectivity index (χ1) is 12.2. The molecule has 2 fully saturated rings. The summed E-state index contributed by atoms with van der Waals surface area (Å²) in [4.78, 5) is 9.95. The van der Waals surface area contributed by atoms with Gasteiger partial charge >= 0.3 is 7.82 Å². The van der Waals surface area contributed by atoms with Crippen molar-refractivity contribution in [2.24, 2.45) is 0 Å². The Morgan fingerprint density at radius 3 is 2.12 bits per heavy atom. The third-order valence-corrected chi connectivity index (χ3v) is 5.08. The van der Waals surface area contributed by atoms with Crippen LogP contribution in [0.3, 0.4) is 0 Å². The maximum atomic E-state index is 12.2. The second-order valence-electron chi connectivity index (χ2n) is 5.97. The normalized spacial score (nSPS) is 42.8. The van der Waals surface area contributed by atoms with E-state index in [9.17, 15) is 19.7 Å². The molecule has 0 saturated carbocycles. The first-order valence-electron chi connectivity index (χ1n) is 8.14. The van der Waals surface area contributed by atoms with Gasteiger partial charge in [0.1, 0.15) is 52.3 Å². The van der Waals surface area contributed by atoms with Gasteiger partial charge in [0.05, 0.1) is 13.2 Å². The van der Waals surface area contributed by atoms with Crippen LogP contribution in [-0.2, 0) is 32.6 Å². The summed E-state index contributed by atoms with van der Waals surface area (Å²) in [5, 5.41) is 19.9. The predicted octanol–water partition coefficient (Wildman–Crippen LogP) is -1.95. The van der Waals surface area contributed by atoms with Crippen LogP contribution in [0.2, 0.25) is 0 Å². The number of aliphatic hydroxyl groups excluding tert-OH is 2. The molecule has 0 spiro atoms. The molecule has 146 valence electrons. The number of hydrogen-bond donors (Lipinski definition) is 3. The summed E-state index contributed by atoms with van der Waals surface area (Å²) >= 11 is 0. The lowest BCUT2D eigenvalue weighted by Crippen LogP contribution is -2.38. The van der Waals surface area contributed by atoms with Crippen LogP contribution in [0.4, 0.5) is 0 Å². The van der Waals surface area contributed by atoms with Crippen molar-refractivity contribution in [1.29, 1.82) is 0 Å². The average molecular weight is 392 g/mol. The molecule has 5 unspecified atom stereocenters. The van der Waals surface area contributed by atoms with Gasteiger partial charge in [-0.2, -0.15) is 0 Å². The van der Waals surface area contributed by atoms with Crippen molar-refractivity contribution >= 4 is 23.5 Å². The summed E-state index contributed by atoms with van der Waals surface area (Å²) in [6, 6.07) is -2.10. The molecule has 0 aromatic rings. The average Bonchev–Trinajstić information content (AvgIpc) is 2.98. The van der Waals surface area contributed by atoms with Crippen LogP contribution < -0.4 is 0 Å². The standard InChI is InChI=1S/C13H23B2O10P/c1-3-21-10-7(24-12(14)8(10)16)5-22-26(18,19)25-11-6(4-20-2)23-13(15)9(11)17/h6-13,16-17H,3-5H2,1-2H3,(H,18,19)/t6-,7-,8?,9?,10?,11?,12-,13-/m1/s1. The second-order valence-corrected chi connectivity index (χ2v) is 7.38. The van der Waals surface area contributed by atoms with E-state index in [1.54, 1.807) is 6.92 Å². The lowest BCUT2D eigenvalue weighted by Gasteiger charge is -2.25. The maximum absolute atomic E-state index is 12.2. The van der Waals surface area contributed by atoms with E-state index in [1.165, 1.54) is 7.11 Å². The molecule has 0 aromatic heterocycles. The Morgan fingerprint density at radius 2 is 1.58 bits per heavy atom. The second kappa shape index (κ2) is 9.47. The summed E-state index contributed by atoms with van der Waals surface area (Å²) in [6.45, 7) is 1.57. The number of ether oxygens (including phenoxy) is 4. The Bertz CT molecular complexity index is 500. The molecule has 2 rings (SSSR count). The highest BCUT2D eigenvalue weighted by Gasteiger charge is 2.47. The monoisotopic (exact) mass is 392 g/mol. The van der Waals surface area contributed by atoms with Crippen molar-refractivity contribution < 1.29 is 47.7 Å². The summed E-state index contributed by atoms with van der Waals surface area (Å²) < 4.78 is 42.9. The van der Waals surface area contributed by atoms with Gasteiger partial charge in [0.2, 0.25) is 0 Å². The van der Waals surface area contributed by atoms with E-state index in [4.69, 9.17) is 43.7 Å². The van der Waals surface area contributed by atoms with Crippen molar-refractivity contribution in [3.8, 4) is 0 Å². The van der Waals surface area contributed by atoms with Gasteiger partial charge < -0.3 is 34.1 Å². The van der Waals surface area contributed by atoms with Gasteiger partial charge in [0, 0.05) is 25.7 Å². The van der Waals surface area contributed by atoms with Gasteiger partial charge in [-0.25, -0.2) is 4.57 Å². The first-order valence-corrected chi connectivity index (χ1v) is 9.64. The molecule has 13 heteroatoms. The highest BCUT2D eigenvalue weighted by atomic mass is 31.2. The molecule has 26 heavy (non-hydrogen) atoms. The van der Waals surface area contributed by atoms with E-state index >= 15 is 0 Å². The summed E-state index contributed by atoms with van der Waals surface area (Å²) in [7, 11) is 7.94. The lowest BCUT2D eigenvalue weighted by atomic mass is 9.93. The smallest absolute Gasteiger partial charge is 0.388 e. The zero-order valence-electron chi connectivity index (χ0n) is 14.5. The summed E-state index contributed by atoms with van der Waals surface area (Å²) in [5.41, 5.74) is 0. The third kappa shape index (κ3) is 5.29. The minimum atomic E-state index is -4.61. The topological polar surface area (TPSA) is 133 Å². The number of aliphatic hydroxyl groups is 2. The molecule has 0 amide bonds. The number of hydrogen-bond acceptors (Lipinski definition) is 9. The first kappa shape index (κ1) is 22.3. The molecule has 2 aliphatic heterocycles. The van der Waals surface area contributed by atoms with E-state index in [1.807, 2.05) is 0 Å². The van der Waals surface area contributed by atoms with Crippen LogP contribution in [0.1, 0.15) is 6.92 Å². The zero-order valence-corrected chi connectivity index (χ0v) is 15.4. The Kier molecular flexibility index (Phi) is 8.12. The van der Waals surface area contributed by atoms with Gasteiger partial charge in [-0.05, 0) is 6.92 Å². The van der Waals surface area contributed by atoms with E-state index in [-0.39, 0.29) is 13.2 Å². The summed E-state index contributed by atoms with van der Waals surface area (Å²) in [6.07, 6.45) is -6.19. The molecular formula is C13H23B2O10P. The zero-order chi connectivity index (χ0) is 19.5. The quantitative estimate of drug-likeness (QED) is 0.300. The van der Waals surface area contributed by atoms with Crippen molar-refractivity contribution in [1.82, 2.24) is 0 Å². The molecule has 2 saturated heterocycles. The molecule has 0 aliphatic carbocycles. The van der Waals surface area contributed by atoms with Gasteiger partial charge in [0.15, 0.2) is 0 Å². The van der Waals surface area contributed by atoms with E-state index in [0.717, 1.165) is 0 Å². The fourth-order valence-corrected chi connectivity index (χ4v) is 3.81. The van der Waals surface area contributed by atoms with E-state index in [2.05, 4.69) is 0 Å². The minimum Gasteiger partial charge on any atom is -0.388 e. The van der Waals surface area contributed by atoms with E-state index in [0.29, 0.717) is 0 Å². The molecule has 3 N–H and O–H groups in total. The largest absolute Gasteiger partial charge is 0.472 e. The Labute approximate surface area is 154 Å². The Balaban J connectivity index is 1.94. The van der Waals surface area contributed by atoms with Crippen LogP contribution in [-0.4, -0.2) is 106 Å². The van der Waals surface area contributed by atoms with Crippen LogP contribution in [0.25, 0.3) is 0 Å². The molecule has 0 aromatic carbocycles. The fraction of sp³-hybridized carbons (Fsp3) is 1.00. The summed E-state index contributed by atoms with van der Waals surface area (Å²) in [5.74, 6) is 0. The lowest BCUT2D eigenvalue weighted by molar-refractivity contribution is -0.0561. The molecule has 4 radical (unpaired) electrons. The highest BCUT2D eigenvalue weighted by Crippen LogP contribution is 2.47. The van der Waals surface area contributed by atoms with Gasteiger partial charge in [-0.15, -0.1) is 0 Å². The van der Waals surface area contributed by atoms with Crippen LogP contribution in [0, 0.1) is 0 Å².